The highest BCUT2D eigenvalue weighted by atomic mass is 16.6. The molecular formula is C18H25N5O5. The van der Waals surface area contributed by atoms with Crippen molar-refractivity contribution in [1.82, 2.24) is 5.32 Å². The van der Waals surface area contributed by atoms with Gasteiger partial charge in [0.15, 0.2) is 12.4 Å². The van der Waals surface area contributed by atoms with Crippen LogP contribution in [-0.4, -0.2) is 63.9 Å². The molecule has 0 spiro atoms. The molecule has 0 unspecified atom stereocenters. The molecule has 1 amide bonds. The van der Waals surface area contributed by atoms with Crippen LogP contribution in [0.25, 0.3) is 0 Å². The number of nitrogens with one attached hydrogen (secondary N) is 1. The molecule has 0 aromatic heterocycles. The summed E-state index contributed by atoms with van der Waals surface area (Å²) in [7, 11) is 5.73. The standard InChI is InChI=1S/C18H25N5O5/c1-12(16(22-26-5)13(2)21-25-4)20-11-28-15-10-8-7-9-14(15)17(23-27-6)18(24)19-3/h7-10H,11H2,1-6H3,(H,19,24)/b20-12?,21-13-,22-16-,23-17+. The van der Waals surface area contributed by atoms with E-state index in [0.717, 1.165) is 0 Å². The summed E-state index contributed by atoms with van der Waals surface area (Å²) in [6, 6.07) is 6.94. The molecule has 1 aromatic rings. The molecule has 0 heterocycles. The average Bonchev–Trinajstić information content (AvgIpc) is 2.70. The van der Waals surface area contributed by atoms with E-state index in [1.165, 1.54) is 28.4 Å². The lowest BCUT2D eigenvalue weighted by atomic mass is 10.1. The normalized spacial score (nSPS) is 13.1. The summed E-state index contributed by atoms with van der Waals surface area (Å²) in [4.78, 5) is 30.8. The van der Waals surface area contributed by atoms with E-state index in [4.69, 9.17) is 19.2 Å². The molecule has 10 nitrogen and oxygen atoms in total. The van der Waals surface area contributed by atoms with E-state index < -0.39 is 5.91 Å². The van der Waals surface area contributed by atoms with Crippen molar-refractivity contribution in [3.8, 4) is 5.75 Å². The summed E-state index contributed by atoms with van der Waals surface area (Å²) in [6.07, 6.45) is 0. The summed E-state index contributed by atoms with van der Waals surface area (Å²) in [5, 5.41) is 14.0. The van der Waals surface area contributed by atoms with Gasteiger partial charge in [0.05, 0.1) is 11.3 Å². The van der Waals surface area contributed by atoms with E-state index in [-0.39, 0.29) is 12.4 Å². The lowest BCUT2D eigenvalue weighted by molar-refractivity contribution is -0.114. The maximum absolute atomic E-state index is 12.1. The van der Waals surface area contributed by atoms with Crippen LogP contribution in [0.4, 0.5) is 0 Å². The Morgan fingerprint density at radius 3 is 2.21 bits per heavy atom. The summed E-state index contributed by atoms with van der Waals surface area (Å²) >= 11 is 0. The van der Waals surface area contributed by atoms with E-state index in [2.05, 4.69) is 25.8 Å². The number of amides is 1. The molecule has 28 heavy (non-hydrogen) atoms. The molecule has 152 valence electrons. The maximum Gasteiger partial charge on any atom is 0.273 e. The van der Waals surface area contributed by atoms with Gasteiger partial charge in [-0.1, -0.05) is 27.6 Å². The zero-order chi connectivity index (χ0) is 20.9. The molecule has 1 rings (SSSR count). The van der Waals surface area contributed by atoms with Crippen LogP contribution in [0.3, 0.4) is 0 Å². The highest BCUT2D eigenvalue weighted by Gasteiger charge is 2.18. The van der Waals surface area contributed by atoms with Crippen molar-refractivity contribution < 1.29 is 24.0 Å². The third-order valence-corrected chi connectivity index (χ3v) is 3.38. The SMILES string of the molecule is CNC(=O)/C(=N/OC)c1ccccc1OCN=C(C)C(=N/OC)/C(C)=N\OC. The number of nitrogens with zero attached hydrogens (tertiary/aromatic N) is 4. The zero-order valence-electron chi connectivity index (χ0n) is 16.8. The lowest BCUT2D eigenvalue weighted by Gasteiger charge is -2.11. The Morgan fingerprint density at radius 1 is 0.964 bits per heavy atom. The number of benzene rings is 1. The zero-order valence-corrected chi connectivity index (χ0v) is 16.8. The average molecular weight is 391 g/mol. The molecule has 0 saturated carbocycles. The Bertz CT molecular complexity index is 786. The van der Waals surface area contributed by atoms with Crippen LogP contribution in [0.1, 0.15) is 19.4 Å². The van der Waals surface area contributed by atoms with Gasteiger partial charge in [-0.15, -0.1) is 0 Å². The molecular weight excluding hydrogens is 366 g/mol. The predicted molar refractivity (Wildman–Crippen MR) is 107 cm³/mol. The third-order valence-electron chi connectivity index (χ3n) is 3.38. The maximum atomic E-state index is 12.1. The molecule has 1 aromatic carbocycles. The number of hydrogen-bond donors (Lipinski definition) is 1. The van der Waals surface area contributed by atoms with Gasteiger partial charge in [0, 0.05) is 7.05 Å². The Labute approximate surface area is 163 Å². The van der Waals surface area contributed by atoms with Gasteiger partial charge in [-0.25, -0.2) is 4.99 Å². The first-order valence-corrected chi connectivity index (χ1v) is 8.26. The molecule has 0 aliphatic rings. The first-order valence-electron chi connectivity index (χ1n) is 8.26. The van der Waals surface area contributed by atoms with Gasteiger partial charge in [0.2, 0.25) is 0 Å². The topological polar surface area (TPSA) is 115 Å². The Hall–Kier alpha value is -3.43. The van der Waals surface area contributed by atoms with Gasteiger partial charge in [-0.05, 0) is 26.0 Å². The molecule has 0 atom stereocenters. The van der Waals surface area contributed by atoms with Gasteiger partial charge in [-0.3, -0.25) is 4.79 Å². The number of aliphatic imine (C=N–C) groups is 1. The highest BCUT2D eigenvalue weighted by Crippen LogP contribution is 2.19. The molecule has 1 N–H and O–H groups in total. The van der Waals surface area contributed by atoms with Gasteiger partial charge in [0.1, 0.15) is 38.5 Å². The second-order valence-corrected chi connectivity index (χ2v) is 5.20. The van der Waals surface area contributed by atoms with Crippen molar-refractivity contribution in [2.24, 2.45) is 20.5 Å². The van der Waals surface area contributed by atoms with E-state index in [9.17, 15) is 4.79 Å². The number of carbonyl (C=O) groups excluding carboxylic acids is 1. The minimum atomic E-state index is -0.404. The Balaban J connectivity index is 3.06. The highest BCUT2D eigenvalue weighted by molar-refractivity contribution is 6.67. The number of carbonyl (C=O) groups is 1. The van der Waals surface area contributed by atoms with Crippen LogP contribution < -0.4 is 10.1 Å². The molecule has 0 aliphatic heterocycles. The van der Waals surface area contributed by atoms with E-state index in [0.29, 0.717) is 28.4 Å². The van der Waals surface area contributed by atoms with E-state index in [1.807, 2.05) is 0 Å². The van der Waals surface area contributed by atoms with Gasteiger partial charge in [0.25, 0.3) is 5.91 Å². The van der Waals surface area contributed by atoms with Crippen molar-refractivity contribution >= 4 is 28.8 Å². The number of rotatable bonds is 10. The first kappa shape index (κ1) is 22.6. The molecule has 10 heteroatoms. The van der Waals surface area contributed by atoms with Crippen molar-refractivity contribution in [2.45, 2.75) is 13.8 Å². The van der Waals surface area contributed by atoms with Crippen LogP contribution >= 0.6 is 0 Å². The Morgan fingerprint density at radius 2 is 1.61 bits per heavy atom. The predicted octanol–water partition coefficient (Wildman–Crippen LogP) is 1.60. The largest absolute Gasteiger partial charge is 0.471 e. The third kappa shape index (κ3) is 6.38. The summed E-state index contributed by atoms with van der Waals surface area (Å²) in [6.45, 7) is 3.43. The number of likely N-dealkylation sites (N-methyl/N-ethyl adjacent to an activating group) is 1. The molecule has 0 saturated heterocycles. The number of hydrogen-bond acceptors (Lipinski definition) is 9. The monoisotopic (exact) mass is 391 g/mol. The van der Waals surface area contributed by atoms with Crippen molar-refractivity contribution in [3.05, 3.63) is 29.8 Å². The van der Waals surface area contributed by atoms with Crippen LogP contribution in [0.5, 0.6) is 5.75 Å². The number of para-hydroxylation sites is 1. The molecule has 0 fully saturated rings. The van der Waals surface area contributed by atoms with Crippen molar-refractivity contribution in [2.75, 3.05) is 35.1 Å². The first-order chi connectivity index (χ1) is 13.5. The van der Waals surface area contributed by atoms with Gasteiger partial charge >= 0.3 is 0 Å². The second-order valence-electron chi connectivity index (χ2n) is 5.20. The van der Waals surface area contributed by atoms with Crippen LogP contribution in [-0.2, 0) is 19.3 Å². The fourth-order valence-electron chi connectivity index (χ4n) is 2.15. The summed E-state index contributed by atoms with van der Waals surface area (Å²) in [5.41, 5.74) is 2.02. The molecule has 0 bridgehead atoms. The molecule has 0 aliphatic carbocycles. The van der Waals surface area contributed by atoms with E-state index in [1.54, 1.807) is 38.1 Å². The van der Waals surface area contributed by atoms with E-state index >= 15 is 0 Å². The fraction of sp³-hybridized carbons (Fsp3) is 0.389. The summed E-state index contributed by atoms with van der Waals surface area (Å²) in [5.74, 6) is 0.0180. The van der Waals surface area contributed by atoms with Crippen LogP contribution in [0.15, 0.2) is 44.7 Å². The lowest BCUT2D eigenvalue weighted by Crippen LogP contribution is -2.29. The fourth-order valence-corrected chi connectivity index (χ4v) is 2.15. The van der Waals surface area contributed by atoms with Crippen molar-refractivity contribution in [1.29, 1.82) is 0 Å². The van der Waals surface area contributed by atoms with Crippen LogP contribution in [0.2, 0.25) is 0 Å². The summed E-state index contributed by atoms with van der Waals surface area (Å²) < 4.78 is 5.73. The molecule has 0 radical (unpaired) electrons. The van der Waals surface area contributed by atoms with Gasteiger partial charge in [-0.2, -0.15) is 0 Å². The number of oxime groups is 3. The van der Waals surface area contributed by atoms with Crippen molar-refractivity contribution in [3.63, 3.8) is 0 Å². The smallest absolute Gasteiger partial charge is 0.273 e. The minimum absolute atomic E-state index is 0.0279. The quantitative estimate of drug-likeness (QED) is 0.480. The Kier molecular flexibility index (Phi) is 9.73. The second kappa shape index (κ2) is 12.0. The number of ether oxygens (including phenoxy) is 1. The van der Waals surface area contributed by atoms with Gasteiger partial charge < -0.3 is 24.6 Å². The minimum Gasteiger partial charge on any atom is -0.471 e. The van der Waals surface area contributed by atoms with Crippen LogP contribution in [0, 0.1) is 0 Å².